The Morgan fingerprint density at radius 1 is 1.35 bits per heavy atom. The number of hydrogen-bond acceptors (Lipinski definition) is 2. The highest BCUT2D eigenvalue weighted by Gasteiger charge is 2.34. The molecule has 1 aliphatic carbocycles. The minimum Gasteiger partial charge on any atom is -0.366 e. The van der Waals surface area contributed by atoms with Crippen molar-refractivity contribution in [3.63, 3.8) is 0 Å². The van der Waals surface area contributed by atoms with E-state index in [-0.39, 0.29) is 5.82 Å². The largest absolute Gasteiger partial charge is 0.366 e. The number of anilines is 1. The van der Waals surface area contributed by atoms with Crippen LogP contribution in [0.25, 0.3) is 0 Å². The molecule has 3 rings (SSSR count). The van der Waals surface area contributed by atoms with E-state index in [4.69, 9.17) is 0 Å². The maximum atomic E-state index is 13.9. The van der Waals surface area contributed by atoms with E-state index in [1.54, 1.807) is 6.07 Å². The van der Waals surface area contributed by atoms with Gasteiger partial charge in [-0.15, -0.1) is 0 Å². The fourth-order valence-corrected chi connectivity index (χ4v) is 2.68. The lowest BCUT2D eigenvalue weighted by atomic mass is 10.1. The van der Waals surface area contributed by atoms with Gasteiger partial charge in [-0.25, -0.2) is 4.39 Å². The molecule has 0 amide bonds. The fourth-order valence-electron chi connectivity index (χ4n) is 2.68. The summed E-state index contributed by atoms with van der Waals surface area (Å²) >= 11 is 0. The van der Waals surface area contributed by atoms with E-state index in [1.807, 2.05) is 19.1 Å². The second kappa shape index (κ2) is 4.30. The van der Waals surface area contributed by atoms with Gasteiger partial charge in [0.1, 0.15) is 5.82 Å². The van der Waals surface area contributed by atoms with Gasteiger partial charge < -0.3 is 10.2 Å². The van der Waals surface area contributed by atoms with Crippen LogP contribution in [0.1, 0.15) is 18.4 Å². The normalized spacial score (nSPS) is 25.1. The van der Waals surface area contributed by atoms with Gasteiger partial charge >= 0.3 is 0 Å². The predicted molar refractivity (Wildman–Crippen MR) is 67.9 cm³/mol. The Balaban J connectivity index is 1.77. The summed E-state index contributed by atoms with van der Waals surface area (Å²) in [7, 11) is 0. The van der Waals surface area contributed by atoms with Crippen LogP contribution in [0.15, 0.2) is 18.2 Å². The topological polar surface area (TPSA) is 15.3 Å². The van der Waals surface area contributed by atoms with Gasteiger partial charge in [0.05, 0.1) is 5.69 Å². The summed E-state index contributed by atoms with van der Waals surface area (Å²) < 4.78 is 13.9. The molecule has 0 aromatic heterocycles. The van der Waals surface area contributed by atoms with E-state index in [2.05, 4.69) is 10.2 Å². The van der Waals surface area contributed by atoms with Crippen LogP contribution in [0.5, 0.6) is 0 Å². The van der Waals surface area contributed by atoms with Gasteiger partial charge in [-0.2, -0.15) is 0 Å². The Bertz CT molecular complexity index is 415. The van der Waals surface area contributed by atoms with Crippen LogP contribution in [0.2, 0.25) is 0 Å². The molecule has 1 saturated heterocycles. The zero-order chi connectivity index (χ0) is 11.8. The molecule has 1 atom stereocenters. The zero-order valence-electron chi connectivity index (χ0n) is 10.2. The Labute approximate surface area is 102 Å². The second-order valence-electron chi connectivity index (χ2n) is 5.30. The summed E-state index contributed by atoms with van der Waals surface area (Å²) in [6.45, 7) is 4.75. The minimum absolute atomic E-state index is 0.0820. The first-order chi connectivity index (χ1) is 8.24. The molecule has 2 nitrogen and oxygen atoms in total. The number of rotatable bonds is 2. The van der Waals surface area contributed by atoms with Gasteiger partial charge in [0.25, 0.3) is 0 Å². The number of halogens is 1. The first kappa shape index (κ1) is 11.0. The Kier molecular flexibility index (Phi) is 2.79. The highest BCUT2D eigenvalue weighted by molar-refractivity contribution is 5.49. The van der Waals surface area contributed by atoms with Gasteiger partial charge in [-0.3, -0.25) is 0 Å². The number of hydrogen-bond donors (Lipinski definition) is 1. The van der Waals surface area contributed by atoms with Gasteiger partial charge in [-0.05, 0) is 43.4 Å². The van der Waals surface area contributed by atoms with Crippen molar-refractivity contribution in [2.45, 2.75) is 25.8 Å². The Hall–Kier alpha value is -1.09. The van der Waals surface area contributed by atoms with Crippen LogP contribution in [0, 0.1) is 18.7 Å². The molecule has 0 spiro atoms. The van der Waals surface area contributed by atoms with E-state index in [9.17, 15) is 4.39 Å². The standard InChI is InChI=1S/C14H19FN2/c1-10-2-5-14(12(15)8-10)17-7-6-16-13(9-17)11-3-4-11/h2,5,8,11,13,16H,3-4,6-7,9H2,1H3. The van der Waals surface area contributed by atoms with Crippen LogP contribution in [0.3, 0.4) is 0 Å². The van der Waals surface area contributed by atoms with Crippen LogP contribution in [0.4, 0.5) is 10.1 Å². The van der Waals surface area contributed by atoms with E-state index >= 15 is 0 Å². The monoisotopic (exact) mass is 234 g/mol. The van der Waals surface area contributed by atoms with Gasteiger partial charge in [0.2, 0.25) is 0 Å². The third-order valence-corrected chi connectivity index (χ3v) is 3.84. The molecule has 3 heteroatoms. The number of nitrogens with zero attached hydrogens (tertiary/aromatic N) is 1. The molecule has 17 heavy (non-hydrogen) atoms. The van der Waals surface area contributed by atoms with Crippen molar-refractivity contribution < 1.29 is 4.39 Å². The van der Waals surface area contributed by atoms with Crippen LogP contribution in [-0.2, 0) is 0 Å². The summed E-state index contributed by atoms with van der Waals surface area (Å²) in [5.74, 6) is 0.743. The zero-order valence-corrected chi connectivity index (χ0v) is 10.2. The molecule has 92 valence electrons. The van der Waals surface area contributed by atoms with Crippen molar-refractivity contribution in [2.75, 3.05) is 24.5 Å². The Morgan fingerprint density at radius 2 is 2.18 bits per heavy atom. The Morgan fingerprint density at radius 3 is 2.88 bits per heavy atom. The molecule has 1 aromatic carbocycles. The summed E-state index contributed by atoms with van der Waals surface area (Å²) in [6, 6.07) is 6.10. The summed E-state index contributed by atoms with van der Waals surface area (Å²) in [5, 5.41) is 3.55. The van der Waals surface area contributed by atoms with E-state index in [0.29, 0.717) is 6.04 Å². The molecule has 2 aliphatic rings. The van der Waals surface area contributed by atoms with E-state index in [1.165, 1.54) is 12.8 Å². The molecule has 1 saturated carbocycles. The predicted octanol–water partition coefficient (Wildman–Crippen LogP) is 2.32. The van der Waals surface area contributed by atoms with E-state index < -0.39 is 0 Å². The van der Waals surface area contributed by atoms with Crippen molar-refractivity contribution in [3.05, 3.63) is 29.6 Å². The number of piperazine rings is 1. The van der Waals surface area contributed by atoms with Crippen molar-refractivity contribution in [2.24, 2.45) is 5.92 Å². The van der Waals surface area contributed by atoms with Gasteiger partial charge in [-0.1, -0.05) is 6.07 Å². The molecule has 1 unspecified atom stereocenters. The average molecular weight is 234 g/mol. The molecular formula is C14H19FN2. The summed E-state index contributed by atoms with van der Waals surface area (Å²) in [4.78, 5) is 2.19. The van der Waals surface area contributed by atoms with Crippen LogP contribution in [-0.4, -0.2) is 25.7 Å². The van der Waals surface area contributed by atoms with Crippen LogP contribution < -0.4 is 10.2 Å². The SMILES string of the molecule is Cc1ccc(N2CCNC(C3CC3)C2)c(F)c1. The quantitative estimate of drug-likeness (QED) is 0.845. The molecular weight excluding hydrogens is 215 g/mol. The molecule has 1 aliphatic heterocycles. The lowest BCUT2D eigenvalue weighted by Crippen LogP contribution is -2.52. The first-order valence-corrected chi connectivity index (χ1v) is 6.48. The molecule has 1 N–H and O–H groups in total. The van der Waals surface area contributed by atoms with Crippen molar-refractivity contribution in [1.82, 2.24) is 5.32 Å². The third kappa shape index (κ3) is 2.29. The van der Waals surface area contributed by atoms with Crippen LogP contribution >= 0.6 is 0 Å². The van der Waals surface area contributed by atoms with E-state index in [0.717, 1.165) is 36.8 Å². The smallest absolute Gasteiger partial charge is 0.146 e. The third-order valence-electron chi connectivity index (χ3n) is 3.84. The maximum Gasteiger partial charge on any atom is 0.146 e. The highest BCUT2D eigenvalue weighted by Crippen LogP contribution is 2.34. The first-order valence-electron chi connectivity index (χ1n) is 6.48. The number of nitrogens with one attached hydrogen (secondary N) is 1. The van der Waals surface area contributed by atoms with Gasteiger partial charge in [0.15, 0.2) is 0 Å². The second-order valence-corrected chi connectivity index (χ2v) is 5.30. The molecule has 0 radical (unpaired) electrons. The molecule has 2 fully saturated rings. The molecule has 1 heterocycles. The number of benzene rings is 1. The maximum absolute atomic E-state index is 13.9. The molecule has 0 bridgehead atoms. The lowest BCUT2D eigenvalue weighted by Gasteiger charge is -2.35. The minimum atomic E-state index is -0.0820. The highest BCUT2D eigenvalue weighted by atomic mass is 19.1. The summed E-state index contributed by atoms with van der Waals surface area (Å²) in [5.41, 5.74) is 1.75. The fraction of sp³-hybridized carbons (Fsp3) is 0.571. The number of aryl methyl sites for hydroxylation is 1. The van der Waals surface area contributed by atoms with Gasteiger partial charge in [0, 0.05) is 25.7 Å². The van der Waals surface area contributed by atoms with Crippen molar-refractivity contribution >= 4 is 5.69 Å². The van der Waals surface area contributed by atoms with Crippen molar-refractivity contribution in [3.8, 4) is 0 Å². The average Bonchev–Trinajstić information content (AvgIpc) is 3.13. The summed E-state index contributed by atoms with van der Waals surface area (Å²) in [6.07, 6.45) is 2.67. The van der Waals surface area contributed by atoms with Crippen molar-refractivity contribution in [1.29, 1.82) is 0 Å². The molecule has 1 aromatic rings. The lowest BCUT2D eigenvalue weighted by molar-refractivity contribution is 0.416.